The number of carbonyl (C=O) groups is 9. The standard InChI is InChI=1S/C54H66N12O12/c1-33(2)47(64-44(68)10-6-5-7-24-66-45(69)19-20-46(66)70)51(72)61-39(9-8-22-57-34(3)67)50(71)59-38-17-13-36(14-18-38)32-78-54(75)63-40(53(74)76-4)29-35-11-15-37(16-12-35)41-31-58-49(55)48(60-41)52(73)62-42-30-56-23-21-43(42)65-25-27-77-28-26-65/h11-21,23,30-31,33,39-40,47H,5-10,22,24-29,32H2,1-4H3,(H2,55,58)(H,57,67)(H,59,71)(H,61,72)(H,62,73)(H,63,75)(H,64,68)/t39-,40+,47-/m0/s1. The fourth-order valence-electron chi connectivity index (χ4n) is 8.34. The van der Waals surface area contributed by atoms with E-state index in [0.717, 1.165) is 10.6 Å². The molecule has 6 rings (SSSR count). The number of amides is 8. The number of nitrogens with one attached hydrogen (secondary N) is 6. The van der Waals surface area contributed by atoms with Gasteiger partial charge in [0.25, 0.3) is 17.7 Å². The van der Waals surface area contributed by atoms with Gasteiger partial charge in [-0.2, -0.15) is 0 Å². The quantitative estimate of drug-likeness (QED) is 0.0270. The molecule has 0 aliphatic carbocycles. The lowest BCUT2D eigenvalue weighted by Crippen LogP contribution is -2.54. The van der Waals surface area contributed by atoms with Crippen molar-refractivity contribution in [2.45, 2.75) is 90.4 Å². The van der Waals surface area contributed by atoms with E-state index in [2.05, 4.69) is 51.8 Å². The number of morpholine rings is 1. The molecule has 8 N–H and O–H groups in total. The molecule has 0 saturated carbocycles. The van der Waals surface area contributed by atoms with Gasteiger partial charge in [0, 0.05) is 75.5 Å². The van der Waals surface area contributed by atoms with E-state index >= 15 is 0 Å². The molecule has 0 bridgehead atoms. The molecule has 3 atom stereocenters. The highest BCUT2D eigenvalue weighted by Gasteiger charge is 2.30. The van der Waals surface area contributed by atoms with Crippen LogP contribution < -0.4 is 42.5 Å². The van der Waals surface area contributed by atoms with E-state index in [-0.39, 0.29) is 80.0 Å². The Balaban J connectivity index is 0.989. The number of hydrogen-bond acceptors (Lipinski definition) is 17. The average Bonchev–Trinajstić information content (AvgIpc) is 3.77. The van der Waals surface area contributed by atoms with Crippen LogP contribution in [-0.4, -0.2) is 138 Å². The summed E-state index contributed by atoms with van der Waals surface area (Å²) < 4.78 is 15.9. The average molecular weight is 1080 g/mol. The number of nitrogen functional groups attached to an aromatic ring is 1. The molecule has 2 aliphatic heterocycles. The van der Waals surface area contributed by atoms with Crippen molar-refractivity contribution in [2.75, 3.05) is 67.8 Å². The molecule has 0 spiro atoms. The minimum absolute atomic E-state index is 0.0320. The van der Waals surface area contributed by atoms with Crippen molar-refractivity contribution in [3.8, 4) is 11.3 Å². The predicted octanol–water partition coefficient (Wildman–Crippen LogP) is 3.19. The van der Waals surface area contributed by atoms with Gasteiger partial charge in [-0.05, 0) is 60.9 Å². The number of alkyl carbamates (subject to hydrolysis) is 1. The molecule has 0 unspecified atom stereocenters. The maximum absolute atomic E-state index is 13.7. The maximum Gasteiger partial charge on any atom is 0.408 e. The molecular weight excluding hydrogens is 1010 g/mol. The molecule has 78 heavy (non-hydrogen) atoms. The van der Waals surface area contributed by atoms with Crippen molar-refractivity contribution in [2.24, 2.45) is 5.92 Å². The zero-order chi connectivity index (χ0) is 56.1. The molecular formula is C54H66N12O12. The van der Waals surface area contributed by atoms with Crippen LogP contribution in [0.3, 0.4) is 0 Å². The van der Waals surface area contributed by atoms with Crippen molar-refractivity contribution in [1.29, 1.82) is 0 Å². The first-order chi connectivity index (χ1) is 37.5. The summed E-state index contributed by atoms with van der Waals surface area (Å²) in [5, 5.41) is 16.4. The first kappa shape index (κ1) is 58.5. The number of benzene rings is 2. The van der Waals surface area contributed by atoms with E-state index in [1.165, 1.54) is 32.4 Å². The Morgan fingerprint density at radius 2 is 1.50 bits per heavy atom. The normalized spacial score (nSPS) is 14.2. The third-order valence-electron chi connectivity index (χ3n) is 12.6. The van der Waals surface area contributed by atoms with Crippen LogP contribution in [0.25, 0.3) is 11.3 Å². The summed E-state index contributed by atoms with van der Waals surface area (Å²) in [6.45, 7) is 7.59. The number of methoxy groups -OCH3 is 1. The Hall–Kier alpha value is -8.80. The highest BCUT2D eigenvalue weighted by atomic mass is 16.6. The van der Waals surface area contributed by atoms with Crippen LogP contribution in [0.4, 0.5) is 27.7 Å². The third kappa shape index (κ3) is 17.4. The second-order valence-electron chi connectivity index (χ2n) is 18.8. The van der Waals surface area contributed by atoms with Crippen molar-refractivity contribution >= 4 is 76.3 Å². The van der Waals surface area contributed by atoms with Gasteiger partial charge in [0.2, 0.25) is 23.6 Å². The maximum atomic E-state index is 13.7. The van der Waals surface area contributed by atoms with Crippen LogP contribution in [0.1, 0.15) is 80.9 Å². The monoisotopic (exact) mass is 1070 g/mol. The number of nitrogens with two attached hydrogens (primary N) is 1. The molecule has 1 saturated heterocycles. The van der Waals surface area contributed by atoms with Crippen molar-refractivity contribution in [3.63, 3.8) is 0 Å². The number of carbonyl (C=O) groups excluding carboxylic acids is 9. The van der Waals surface area contributed by atoms with E-state index < -0.39 is 47.9 Å². The van der Waals surface area contributed by atoms with E-state index in [9.17, 15) is 43.2 Å². The van der Waals surface area contributed by atoms with Gasteiger partial charge in [-0.3, -0.25) is 43.4 Å². The Morgan fingerprint density at radius 1 is 0.795 bits per heavy atom. The van der Waals surface area contributed by atoms with Crippen LogP contribution in [0.15, 0.2) is 85.3 Å². The Morgan fingerprint density at radius 3 is 2.18 bits per heavy atom. The largest absolute Gasteiger partial charge is 0.467 e. The molecule has 24 heteroatoms. The van der Waals surface area contributed by atoms with Gasteiger partial charge in [-0.15, -0.1) is 0 Å². The predicted molar refractivity (Wildman–Crippen MR) is 286 cm³/mol. The van der Waals surface area contributed by atoms with Crippen molar-refractivity contribution in [3.05, 3.63) is 102 Å². The topological polar surface area (TPSA) is 325 Å². The zero-order valence-electron chi connectivity index (χ0n) is 44.0. The summed E-state index contributed by atoms with van der Waals surface area (Å²) in [6, 6.07) is 11.9. The Bertz CT molecular complexity index is 2800. The lowest BCUT2D eigenvalue weighted by Gasteiger charge is -2.30. The molecule has 4 aromatic rings. The number of unbranched alkanes of at least 4 members (excludes halogenated alkanes) is 2. The Labute approximate surface area is 451 Å². The number of anilines is 4. The second kappa shape index (κ2) is 28.9. The molecule has 8 amide bonds. The minimum Gasteiger partial charge on any atom is -0.467 e. The summed E-state index contributed by atoms with van der Waals surface area (Å²) in [6.07, 6.45) is 8.37. The molecule has 2 aromatic heterocycles. The SMILES string of the molecule is COC(=O)[C@@H](Cc1ccc(-c2cnc(N)c(C(=O)Nc3cnccc3N3CCOCC3)n2)cc1)NC(=O)OCc1ccc(NC(=O)[C@H](CCCNC(C)=O)NC(=O)[C@@H](NC(=O)CCCCCN2C(=O)C=CC2=O)C(C)C)cc1. The number of hydrogen-bond donors (Lipinski definition) is 7. The fraction of sp³-hybridized carbons (Fsp3) is 0.407. The van der Waals surface area contributed by atoms with Crippen LogP contribution >= 0.6 is 0 Å². The first-order valence-corrected chi connectivity index (χ1v) is 25.6. The zero-order valence-corrected chi connectivity index (χ0v) is 44.0. The number of aromatic nitrogens is 3. The number of esters is 1. The third-order valence-corrected chi connectivity index (χ3v) is 12.6. The van der Waals surface area contributed by atoms with Gasteiger partial charge in [0.1, 0.15) is 24.7 Å². The number of nitrogens with zero attached hydrogens (tertiary/aromatic N) is 5. The molecule has 24 nitrogen and oxygen atoms in total. The fourth-order valence-corrected chi connectivity index (χ4v) is 8.34. The highest BCUT2D eigenvalue weighted by Crippen LogP contribution is 2.27. The lowest BCUT2D eigenvalue weighted by molar-refractivity contribution is -0.143. The van der Waals surface area contributed by atoms with Crippen LogP contribution in [0, 0.1) is 5.92 Å². The Kier molecular flexibility index (Phi) is 21.7. The van der Waals surface area contributed by atoms with Crippen molar-refractivity contribution < 1.29 is 57.4 Å². The second-order valence-corrected chi connectivity index (χ2v) is 18.8. The highest BCUT2D eigenvalue weighted by molar-refractivity contribution is 6.13. The molecule has 414 valence electrons. The van der Waals surface area contributed by atoms with Gasteiger partial charge in [0.05, 0.1) is 49.8 Å². The summed E-state index contributed by atoms with van der Waals surface area (Å²) in [5.41, 5.74) is 9.81. The van der Waals surface area contributed by atoms with Gasteiger partial charge < -0.3 is 56.7 Å². The number of imide groups is 1. The molecule has 2 aromatic carbocycles. The van der Waals surface area contributed by atoms with Crippen LogP contribution in [-0.2, 0) is 60.8 Å². The summed E-state index contributed by atoms with van der Waals surface area (Å²) >= 11 is 0. The summed E-state index contributed by atoms with van der Waals surface area (Å²) in [5.74, 6) is -4.17. The minimum atomic E-state index is -1.13. The number of ether oxygens (including phenoxy) is 3. The molecule has 4 heterocycles. The van der Waals surface area contributed by atoms with Gasteiger partial charge in [-0.25, -0.2) is 19.6 Å². The molecule has 0 radical (unpaired) electrons. The summed E-state index contributed by atoms with van der Waals surface area (Å²) in [7, 11) is 1.19. The lowest BCUT2D eigenvalue weighted by atomic mass is 10.0. The van der Waals surface area contributed by atoms with Crippen molar-refractivity contribution in [1.82, 2.24) is 41.1 Å². The number of pyridine rings is 1. The van der Waals surface area contributed by atoms with Gasteiger partial charge in [-0.1, -0.05) is 56.7 Å². The molecule has 2 aliphatic rings. The van der Waals surface area contributed by atoms with Gasteiger partial charge in [0.15, 0.2) is 11.5 Å². The van der Waals surface area contributed by atoms with Gasteiger partial charge >= 0.3 is 12.1 Å². The smallest absolute Gasteiger partial charge is 0.408 e. The van der Waals surface area contributed by atoms with E-state index in [1.54, 1.807) is 74.8 Å². The van der Waals surface area contributed by atoms with E-state index in [0.29, 0.717) is 85.7 Å². The first-order valence-electron chi connectivity index (χ1n) is 25.6. The molecule has 1 fully saturated rings. The van der Waals surface area contributed by atoms with E-state index in [1.807, 2.05) is 6.07 Å². The summed E-state index contributed by atoms with van der Waals surface area (Å²) in [4.78, 5) is 131. The van der Waals surface area contributed by atoms with Crippen LogP contribution in [0.5, 0.6) is 0 Å². The van der Waals surface area contributed by atoms with Crippen LogP contribution in [0.2, 0.25) is 0 Å². The van der Waals surface area contributed by atoms with E-state index in [4.69, 9.17) is 19.9 Å². The number of rotatable bonds is 26.